The van der Waals surface area contributed by atoms with Crippen LogP contribution in [0, 0.1) is 0 Å². The molecule has 1 aromatic carbocycles. The summed E-state index contributed by atoms with van der Waals surface area (Å²) < 4.78 is 1.78. The minimum atomic E-state index is 0.151. The Morgan fingerprint density at radius 2 is 2.06 bits per heavy atom. The van der Waals surface area contributed by atoms with E-state index in [1.165, 1.54) is 0 Å². The van der Waals surface area contributed by atoms with Gasteiger partial charge in [0.1, 0.15) is 0 Å². The van der Waals surface area contributed by atoms with Crippen molar-refractivity contribution >= 4 is 11.9 Å². The van der Waals surface area contributed by atoms with Gasteiger partial charge in [-0.3, -0.25) is 9.48 Å². The minimum Gasteiger partial charge on any atom is -0.289 e. The molecular formula is C15H14N2O. The van der Waals surface area contributed by atoms with Crippen LogP contribution < -0.4 is 0 Å². The van der Waals surface area contributed by atoms with Gasteiger partial charge in [-0.2, -0.15) is 5.10 Å². The SMILES string of the molecule is Cn1nccc1/C=C1/CCc2ccccc2C1=O. The zero-order valence-corrected chi connectivity index (χ0v) is 10.3. The Bertz CT molecular complexity index is 637. The topological polar surface area (TPSA) is 34.9 Å². The molecule has 0 N–H and O–H groups in total. The van der Waals surface area contributed by atoms with Gasteiger partial charge in [-0.05, 0) is 30.5 Å². The second kappa shape index (κ2) is 4.26. The first kappa shape index (κ1) is 11.0. The normalized spacial score (nSPS) is 16.9. The Balaban J connectivity index is 2.01. The fraction of sp³-hybridized carbons (Fsp3) is 0.200. The highest BCUT2D eigenvalue weighted by molar-refractivity contribution is 6.13. The smallest absolute Gasteiger partial charge is 0.189 e. The third kappa shape index (κ3) is 1.78. The van der Waals surface area contributed by atoms with Gasteiger partial charge >= 0.3 is 0 Å². The Hall–Kier alpha value is -2.16. The molecular weight excluding hydrogens is 224 g/mol. The highest BCUT2D eigenvalue weighted by Gasteiger charge is 2.21. The fourth-order valence-electron chi connectivity index (χ4n) is 2.36. The van der Waals surface area contributed by atoms with Crippen LogP contribution in [0.3, 0.4) is 0 Å². The van der Waals surface area contributed by atoms with Crippen LogP contribution in [0.15, 0.2) is 42.1 Å². The van der Waals surface area contributed by atoms with Crippen LogP contribution in [-0.2, 0) is 13.5 Å². The summed E-state index contributed by atoms with van der Waals surface area (Å²) in [5.41, 5.74) is 3.84. The van der Waals surface area contributed by atoms with Gasteiger partial charge in [-0.25, -0.2) is 0 Å². The summed E-state index contributed by atoms with van der Waals surface area (Å²) in [6.07, 6.45) is 5.44. The van der Waals surface area contributed by atoms with Crippen molar-refractivity contribution in [3.05, 3.63) is 58.9 Å². The summed E-state index contributed by atoms with van der Waals surface area (Å²) in [5.74, 6) is 0.151. The standard InChI is InChI=1S/C15H14N2O/c1-17-13(8-9-16-17)10-12-7-6-11-4-2-3-5-14(11)15(12)18/h2-5,8-10H,6-7H2,1H3/b12-10-. The first-order valence-corrected chi connectivity index (χ1v) is 6.07. The van der Waals surface area contributed by atoms with E-state index in [9.17, 15) is 4.79 Å². The van der Waals surface area contributed by atoms with E-state index in [1.54, 1.807) is 10.9 Å². The second-order valence-electron chi connectivity index (χ2n) is 4.54. The Kier molecular flexibility index (Phi) is 2.59. The molecule has 1 aliphatic carbocycles. The maximum Gasteiger partial charge on any atom is 0.189 e. The highest BCUT2D eigenvalue weighted by Crippen LogP contribution is 2.26. The lowest BCUT2D eigenvalue weighted by molar-refractivity contribution is 0.102. The first-order chi connectivity index (χ1) is 8.75. The highest BCUT2D eigenvalue weighted by atomic mass is 16.1. The van der Waals surface area contributed by atoms with Crippen LogP contribution in [0.4, 0.5) is 0 Å². The molecule has 3 nitrogen and oxygen atoms in total. The summed E-state index contributed by atoms with van der Waals surface area (Å²) >= 11 is 0. The summed E-state index contributed by atoms with van der Waals surface area (Å²) in [5, 5.41) is 4.11. The van der Waals surface area contributed by atoms with Crippen LogP contribution in [0.1, 0.15) is 28.0 Å². The molecule has 0 aliphatic heterocycles. The number of carbonyl (C=O) groups excluding carboxylic acids is 1. The molecule has 1 aromatic heterocycles. The van der Waals surface area contributed by atoms with Crippen molar-refractivity contribution in [1.82, 2.24) is 9.78 Å². The van der Waals surface area contributed by atoms with Gasteiger partial charge < -0.3 is 0 Å². The van der Waals surface area contributed by atoms with Crippen LogP contribution in [0.2, 0.25) is 0 Å². The first-order valence-electron chi connectivity index (χ1n) is 6.07. The number of hydrogen-bond acceptors (Lipinski definition) is 2. The van der Waals surface area contributed by atoms with Gasteiger partial charge in [0.15, 0.2) is 5.78 Å². The largest absolute Gasteiger partial charge is 0.289 e. The predicted molar refractivity (Wildman–Crippen MR) is 70.3 cm³/mol. The average molecular weight is 238 g/mol. The van der Waals surface area contributed by atoms with Gasteiger partial charge in [-0.15, -0.1) is 0 Å². The van der Waals surface area contributed by atoms with Crippen molar-refractivity contribution in [1.29, 1.82) is 0 Å². The van der Waals surface area contributed by atoms with E-state index >= 15 is 0 Å². The minimum absolute atomic E-state index is 0.151. The van der Waals surface area contributed by atoms with Crippen molar-refractivity contribution < 1.29 is 4.79 Å². The number of hydrogen-bond donors (Lipinski definition) is 0. The number of aryl methyl sites for hydroxylation is 2. The average Bonchev–Trinajstić information content (AvgIpc) is 2.79. The number of carbonyl (C=O) groups is 1. The maximum atomic E-state index is 12.4. The van der Waals surface area contributed by atoms with Crippen LogP contribution >= 0.6 is 0 Å². The molecule has 90 valence electrons. The molecule has 0 saturated carbocycles. The number of ketones is 1. The van der Waals surface area contributed by atoms with Crippen molar-refractivity contribution in [2.24, 2.45) is 7.05 Å². The predicted octanol–water partition coefficient (Wildman–Crippen LogP) is 2.63. The van der Waals surface area contributed by atoms with Crippen LogP contribution in [0.5, 0.6) is 0 Å². The van der Waals surface area contributed by atoms with Crippen molar-refractivity contribution in [2.45, 2.75) is 12.8 Å². The van der Waals surface area contributed by atoms with Crippen molar-refractivity contribution in [2.75, 3.05) is 0 Å². The molecule has 2 aromatic rings. The Labute approximate surface area is 106 Å². The Morgan fingerprint density at radius 3 is 2.83 bits per heavy atom. The molecule has 3 rings (SSSR count). The third-order valence-corrected chi connectivity index (χ3v) is 3.40. The molecule has 0 unspecified atom stereocenters. The zero-order chi connectivity index (χ0) is 12.5. The number of rotatable bonds is 1. The van der Waals surface area contributed by atoms with Gasteiger partial charge in [0.25, 0.3) is 0 Å². The number of allylic oxidation sites excluding steroid dienone is 1. The van der Waals surface area contributed by atoms with E-state index in [1.807, 2.05) is 43.5 Å². The molecule has 0 amide bonds. The Morgan fingerprint density at radius 1 is 1.22 bits per heavy atom. The van der Waals surface area contributed by atoms with Gasteiger partial charge in [0.2, 0.25) is 0 Å². The monoisotopic (exact) mass is 238 g/mol. The summed E-state index contributed by atoms with van der Waals surface area (Å²) in [6.45, 7) is 0. The van der Waals surface area contributed by atoms with E-state index in [0.717, 1.165) is 35.2 Å². The lowest BCUT2D eigenvalue weighted by Crippen LogP contribution is -2.14. The van der Waals surface area contributed by atoms with E-state index in [0.29, 0.717) is 0 Å². The third-order valence-electron chi connectivity index (χ3n) is 3.40. The van der Waals surface area contributed by atoms with Crippen LogP contribution in [-0.4, -0.2) is 15.6 Å². The molecule has 1 heterocycles. The van der Waals surface area contributed by atoms with E-state index in [4.69, 9.17) is 0 Å². The van der Waals surface area contributed by atoms with Crippen LogP contribution in [0.25, 0.3) is 6.08 Å². The van der Waals surface area contributed by atoms with E-state index in [2.05, 4.69) is 5.10 Å². The molecule has 0 atom stereocenters. The number of Topliss-reactive ketones (excluding diaryl/α,β-unsaturated/α-hetero) is 1. The van der Waals surface area contributed by atoms with Crippen molar-refractivity contribution in [3.8, 4) is 0 Å². The molecule has 18 heavy (non-hydrogen) atoms. The molecule has 1 aliphatic rings. The molecule has 0 fully saturated rings. The van der Waals surface area contributed by atoms with Gasteiger partial charge in [-0.1, -0.05) is 24.3 Å². The number of fused-ring (bicyclic) bond motifs is 1. The van der Waals surface area contributed by atoms with Crippen molar-refractivity contribution in [3.63, 3.8) is 0 Å². The molecule has 0 saturated heterocycles. The van der Waals surface area contributed by atoms with Gasteiger partial charge in [0.05, 0.1) is 5.69 Å². The molecule has 0 spiro atoms. The fourth-order valence-corrected chi connectivity index (χ4v) is 2.36. The maximum absolute atomic E-state index is 12.4. The lowest BCUT2D eigenvalue weighted by Gasteiger charge is -2.17. The zero-order valence-electron chi connectivity index (χ0n) is 10.3. The molecule has 3 heteroatoms. The van der Waals surface area contributed by atoms with E-state index < -0.39 is 0 Å². The number of benzene rings is 1. The number of aromatic nitrogens is 2. The quantitative estimate of drug-likeness (QED) is 0.716. The number of nitrogens with zero attached hydrogens (tertiary/aromatic N) is 2. The summed E-state index contributed by atoms with van der Waals surface area (Å²) in [6, 6.07) is 9.77. The van der Waals surface area contributed by atoms with E-state index in [-0.39, 0.29) is 5.78 Å². The second-order valence-corrected chi connectivity index (χ2v) is 4.54. The molecule has 0 bridgehead atoms. The van der Waals surface area contributed by atoms with Gasteiger partial charge in [0, 0.05) is 24.4 Å². The molecule has 0 radical (unpaired) electrons. The summed E-state index contributed by atoms with van der Waals surface area (Å²) in [7, 11) is 1.88. The lowest BCUT2D eigenvalue weighted by atomic mass is 9.86. The summed E-state index contributed by atoms with van der Waals surface area (Å²) in [4.78, 5) is 12.4.